The molecule has 0 unspecified atom stereocenters. The topological polar surface area (TPSA) is 29.3 Å². The molecule has 1 aromatic carbocycles. The smallest absolute Gasteiger partial charge is 0.363 e. The molecule has 0 aliphatic carbocycles. The lowest BCUT2D eigenvalue weighted by molar-refractivity contribution is -0.119. The van der Waals surface area contributed by atoms with Gasteiger partial charge in [-0.15, -0.1) is 0 Å². The largest absolute Gasteiger partial charge is 0.405 e. The maximum Gasteiger partial charge on any atom is 0.405 e. The van der Waals surface area contributed by atoms with Gasteiger partial charge in [-0.3, -0.25) is 0 Å². The summed E-state index contributed by atoms with van der Waals surface area (Å²) < 4.78 is 50.4. The van der Waals surface area contributed by atoms with E-state index in [0.29, 0.717) is 11.3 Å². The van der Waals surface area contributed by atoms with Crippen molar-refractivity contribution in [3.8, 4) is 0 Å². The van der Waals surface area contributed by atoms with E-state index >= 15 is 0 Å². The molecule has 0 aromatic heterocycles. The number of halogens is 4. The highest BCUT2D eigenvalue weighted by atomic mass is 19.4. The lowest BCUT2D eigenvalue weighted by atomic mass is 10.1. The minimum Gasteiger partial charge on any atom is -0.363 e. The molecule has 0 radical (unpaired) electrons. The van der Waals surface area contributed by atoms with Gasteiger partial charge in [0, 0.05) is 18.3 Å². The van der Waals surface area contributed by atoms with Crippen LogP contribution in [0.2, 0.25) is 0 Å². The van der Waals surface area contributed by atoms with Crippen LogP contribution in [-0.4, -0.2) is 19.3 Å². The Morgan fingerprint density at radius 2 is 1.94 bits per heavy atom. The molecule has 18 heavy (non-hydrogen) atoms. The zero-order chi connectivity index (χ0) is 13.9. The van der Waals surface area contributed by atoms with Crippen molar-refractivity contribution in [2.24, 2.45) is 5.73 Å². The minimum atomic E-state index is -4.31. The van der Waals surface area contributed by atoms with Gasteiger partial charge >= 0.3 is 6.18 Å². The third-order valence-corrected chi connectivity index (χ3v) is 2.57. The van der Waals surface area contributed by atoms with Gasteiger partial charge in [0.25, 0.3) is 0 Å². The fraction of sp³-hybridized carbons (Fsp3) is 0.500. The third kappa shape index (κ3) is 3.87. The van der Waals surface area contributed by atoms with E-state index in [0.717, 1.165) is 11.0 Å². The molecule has 1 rings (SSSR count). The number of benzene rings is 1. The fourth-order valence-corrected chi connectivity index (χ4v) is 1.76. The van der Waals surface area contributed by atoms with Crippen LogP contribution in [0, 0.1) is 5.82 Å². The van der Waals surface area contributed by atoms with Gasteiger partial charge < -0.3 is 10.6 Å². The number of hydrogen-bond acceptors (Lipinski definition) is 2. The maximum absolute atomic E-state index is 13.1. The molecule has 102 valence electrons. The van der Waals surface area contributed by atoms with Gasteiger partial charge in [-0.1, -0.05) is 0 Å². The molecule has 0 aliphatic rings. The average Bonchev–Trinajstić information content (AvgIpc) is 2.24. The zero-order valence-electron chi connectivity index (χ0n) is 10.3. The predicted octanol–water partition coefficient (Wildman–Crippen LogP) is 3.23. The second kappa shape index (κ2) is 5.56. The number of hydrogen-bond donors (Lipinski definition) is 1. The Bertz CT molecular complexity index is 402. The highest BCUT2D eigenvalue weighted by Crippen LogP contribution is 2.28. The van der Waals surface area contributed by atoms with Gasteiger partial charge in [0.15, 0.2) is 0 Å². The third-order valence-electron chi connectivity index (χ3n) is 2.57. The van der Waals surface area contributed by atoms with Crippen LogP contribution < -0.4 is 10.6 Å². The Balaban J connectivity index is 3.12. The monoisotopic (exact) mass is 264 g/mol. The molecule has 1 atom stereocenters. The first-order valence-corrected chi connectivity index (χ1v) is 5.61. The molecule has 1 aromatic rings. The molecule has 0 heterocycles. The Kier molecular flexibility index (Phi) is 4.56. The summed E-state index contributed by atoms with van der Waals surface area (Å²) in [7, 11) is 0. The summed E-state index contributed by atoms with van der Waals surface area (Å²) in [6.45, 7) is 2.32. The van der Waals surface area contributed by atoms with E-state index in [2.05, 4.69) is 0 Å². The first-order chi connectivity index (χ1) is 8.24. The number of nitrogens with two attached hydrogens (primary N) is 1. The summed E-state index contributed by atoms with van der Waals surface area (Å²) in [5, 5.41) is 0. The van der Waals surface area contributed by atoms with Gasteiger partial charge in [-0.2, -0.15) is 13.2 Å². The molecule has 0 spiro atoms. The molecule has 0 saturated carbocycles. The van der Waals surface area contributed by atoms with Crippen LogP contribution in [0.15, 0.2) is 18.2 Å². The highest BCUT2D eigenvalue weighted by molar-refractivity contribution is 5.55. The van der Waals surface area contributed by atoms with Crippen molar-refractivity contribution in [1.29, 1.82) is 0 Å². The Hall–Kier alpha value is -1.30. The average molecular weight is 264 g/mol. The molecule has 0 amide bonds. The molecule has 2 N–H and O–H groups in total. The van der Waals surface area contributed by atoms with Crippen molar-refractivity contribution >= 4 is 5.69 Å². The van der Waals surface area contributed by atoms with Crippen LogP contribution in [0.1, 0.15) is 25.5 Å². The summed E-state index contributed by atoms with van der Waals surface area (Å²) in [4.78, 5) is 1.14. The quantitative estimate of drug-likeness (QED) is 0.846. The van der Waals surface area contributed by atoms with Crippen LogP contribution in [0.25, 0.3) is 0 Å². The maximum atomic E-state index is 13.1. The number of rotatable bonds is 4. The molecule has 6 heteroatoms. The Labute approximate surface area is 103 Å². The van der Waals surface area contributed by atoms with Crippen molar-refractivity contribution in [3.63, 3.8) is 0 Å². The Morgan fingerprint density at radius 3 is 2.39 bits per heavy atom. The number of anilines is 1. The lowest BCUT2D eigenvalue weighted by Crippen LogP contribution is -2.35. The van der Waals surface area contributed by atoms with Crippen molar-refractivity contribution in [3.05, 3.63) is 29.6 Å². The molecule has 2 nitrogen and oxygen atoms in total. The van der Waals surface area contributed by atoms with Gasteiger partial charge in [-0.25, -0.2) is 4.39 Å². The van der Waals surface area contributed by atoms with Crippen LogP contribution in [-0.2, 0) is 0 Å². The summed E-state index contributed by atoms with van der Waals surface area (Å²) >= 11 is 0. The summed E-state index contributed by atoms with van der Waals surface area (Å²) in [6.07, 6.45) is -4.31. The SMILES string of the molecule is CCN(CC(F)(F)F)c1ccc(F)cc1[C@H](C)N. The highest BCUT2D eigenvalue weighted by Gasteiger charge is 2.31. The Morgan fingerprint density at radius 1 is 1.33 bits per heavy atom. The van der Waals surface area contributed by atoms with Gasteiger partial charge in [0.1, 0.15) is 12.4 Å². The molecular weight excluding hydrogens is 248 g/mol. The van der Waals surface area contributed by atoms with Crippen molar-refractivity contribution in [1.82, 2.24) is 0 Å². The zero-order valence-corrected chi connectivity index (χ0v) is 10.3. The van der Waals surface area contributed by atoms with E-state index in [4.69, 9.17) is 5.73 Å². The standard InChI is InChI=1S/C12H16F4N2/c1-3-18(7-12(14,15)16)11-5-4-9(13)6-10(11)8(2)17/h4-6,8H,3,7,17H2,1-2H3/t8-/m0/s1. The van der Waals surface area contributed by atoms with E-state index in [1.165, 1.54) is 12.1 Å². The van der Waals surface area contributed by atoms with E-state index in [9.17, 15) is 17.6 Å². The molecular formula is C12H16F4N2. The summed E-state index contributed by atoms with van der Waals surface area (Å²) in [6, 6.07) is 3.13. The van der Waals surface area contributed by atoms with Gasteiger partial charge in [-0.05, 0) is 37.6 Å². The van der Waals surface area contributed by atoms with Crippen LogP contribution in [0.5, 0.6) is 0 Å². The van der Waals surface area contributed by atoms with E-state index < -0.39 is 24.6 Å². The summed E-state index contributed by atoms with van der Waals surface area (Å²) in [5.74, 6) is -0.505. The lowest BCUT2D eigenvalue weighted by Gasteiger charge is -2.27. The number of nitrogens with zero attached hydrogens (tertiary/aromatic N) is 1. The molecule has 0 fully saturated rings. The van der Waals surface area contributed by atoms with Gasteiger partial charge in [0.05, 0.1) is 0 Å². The van der Waals surface area contributed by atoms with E-state index in [-0.39, 0.29) is 6.54 Å². The fourth-order valence-electron chi connectivity index (χ4n) is 1.76. The van der Waals surface area contributed by atoms with Crippen LogP contribution in [0.3, 0.4) is 0 Å². The minimum absolute atomic E-state index is 0.171. The number of alkyl halides is 3. The van der Waals surface area contributed by atoms with Gasteiger partial charge in [0.2, 0.25) is 0 Å². The van der Waals surface area contributed by atoms with Crippen molar-refractivity contribution in [2.75, 3.05) is 18.0 Å². The summed E-state index contributed by atoms with van der Waals surface area (Å²) in [5.41, 5.74) is 6.37. The van der Waals surface area contributed by atoms with E-state index in [1.807, 2.05) is 0 Å². The molecule has 0 bridgehead atoms. The first-order valence-electron chi connectivity index (χ1n) is 5.61. The normalized spacial score (nSPS) is 13.5. The first kappa shape index (κ1) is 14.8. The second-order valence-corrected chi connectivity index (χ2v) is 4.12. The predicted molar refractivity (Wildman–Crippen MR) is 62.9 cm³/mol. The molecule has 0 saturated heterocycles. The van der Waals surface area contributed by atoms with Crippen molar-refractivity contribution < 1.29 is 17.6 Å². The van der Waals surface area contributed by atoms with E-state index in [1.54, 1.807) is 13.8 Å². The van der Waals surface area contributed by atoms with Crippen molar-refractivity contribution in [2.45, 2.75) is 26.1 Å². The molecule has 0 aliphatic heterocycles. The van der Waals surface area contributed by atoms with Crippen LogP contribution >= 0.6 is 0 Å². The second-order valence-electron chi connectivity index (χ2n) is 4.12. The van der Waals surface area contributed by atoms with Crippen LogP contribution in [0.4, 0.5) is 23.2 Å².